The molecule has 3 rings (SSSR count). The van der Waals surface area contributed by atoms with Gasteiger partial charge in [0.25, 0.3) is 5.92 Å². The van der Waals surface area contributed by atoms with Gasteiger partial charge in [-0.15, -0.1) is 0 Å². The zero-order chi connectivity index (χ0) is 15.2. The number of nitrogens with zero attached hydrogens (tertiary/aromatic N) is 2. The standard InChI is InChI=1S/C13H13F3N4O/c1-20-10-3-2-7(14)4-8(10)18-12(20)19-11(21)9-5-13(15,16)6-17-9/h2-4,9,17H,5-6H2,1H3,(H,18,19,21). The predicted octanol–water partition coefficient (Wildman–Crippen LogP) is 1.65. The van der Waals surface area contributed by atoms with E-state index < -0.39 is 36.7 Å². The maximum Gasteiger partial charge on any atom is 0.262 e. The van der Waals surface area contributed by atoms with Crippen LogP contribution in [0.25, 0.3) is 11.0 Å². The quantitative estimate of drug-likeness (QED) is 0.886. The number of carbonyl (C=O) groups excluding carboxylic acids is 1. The summed E-state index contributed by atoms with van der Waals surface area (Å²) in [5.74, 6) is -3.70. The van der Waals surface area contributed by atoms with E-state index in [1.807, 2.05) is 0 Å². The zero-order valence-corrected chi connectivity index (χ0v) is 11.2. The van der Waals surface area contributed by atoms with Crippen molar-refractivity contribution in [3.63, 3.8) is 0 Å². The molecule has 2 heterocycles. The van der Waals surface area contributed by atoms with E-state index in [2.05, 4.69) is 15.6 Å². The van der Waals surface area contributed by atoms with Crippen LogP contribution in [-0.4, -0.2) is 34.0 Å². The topological polar surface area (TPSA) is 59.0 Å². The molecule has 112 valence electrons. The molecule has 1 saturated heterocycles. The van der Waals surface area contributed by atoms with Gasteiger partial charge < -0.3 is 4.57 Å². The molecule has 0 saturated carbocycles. The Morgan fingerprint density at radius 1 is 1.52 bits per heavy atom. The largest absolute Gasteiger partial charge is 0.313 e. The van der Waals surface area contributed by atoms with E-state index in [-0.39, 0.29) is 5.95 Å². The van der Waals surface area contributed by atoms with Gasteiger partial charge in [-0.2, -0.15) is 0 Å². The summed E-state index contributed by atoms with van der Waals surface area (Å²) in [5, 5.41) is 4.96. The summed E-state index contributed by atoms with van der Waals surface area (Å²) in [4.78, 5) is 16.1. The van der Waals surface area contributed by atoms with E-state index in [1.165, 1.54) is 18.2 Å². The van der Waals surface area contributed by atoms with Crippen molar-refractivity contribution >= 4 is 22.9 Å². The first kappa shape index (κ1) is 13.9. The second-order valence-corrected chi connectivity index (χ2v) is 5.11. The minimum atomic E-state index is -2.88. The third kappa shape index (κ3) is 2.58. The van der Waals surface area contributed by atoms with Crippen molar-refractivity contribution in [2.45, 2.75) is 18.4 Å². The van der Waals surface area contributed by atoms with Crippen molar-refractivity contribution in [1.29, 1.82) is 0 Å². The molecule has 1 aromatic carbocycles. The van der Waals surface area contributed by atoms with E-state index in [4.69, 9.17) is 0 Å². The number of aryl methyl sites for hydroxylation is 1. The Balaban J connectivity index is 1.82. The lowest BCUT2D eigenvalue weighted by Gasteiger charge is -2.10. The van der Waals surface area contributed by atoms with Crippen LogP contribution in [0.4, 0.5) is 19.1 Å². The van der Waals surface area contributed by atoms with Crippen LogP contribution in [0.15, 0.2) is 18.2 Å². The molecule has 1 amide bonds. The second kappa shape index (κ2) is 4.73. The number of imidazole rings is 1. The lowest BCUT2D eigenvalue weighted by molar-refractivity contribution is -0.118. The Kier molecular flexibility index (Phi) is 3.12. The molecule has 5 nitrogen and oxygen atoms in total. The summed E-state index contributed by atoms with van der Waals surface area (Å²) in [5.41, 5.74) is 1.02. The number of halogens is 3. The molecule has 8 heteroatoms. The summed E-state index contributed by atoms with van der Waals surface area (Å²) >= 11 is 0. The summed E-state index contributed by atoms with van der Waals surface area (Å²) in [6, 6.07) is 3.10. The fourth-order valence-corrected chi connectivity index (χ4v) is 2.38. The summed E-state index contributed by atoms with van der Waals surface area (Å²) in [6.07, 6.45) is -0.544. The average molecular weight is 298 g/mol. The molecule has 21 heavy (non-hydrogen) atoms. The molecule has 1 unspecified atom stereocenters. The van der Waals surface area contributed by atoms with Crippen molar-refractivity contribution in [1.82, 2.24) is 14.9 Å². The second-order valence-electron chi connectivity index (χ2n) is 5.11. The fourth-order valence-electron chi connectivity index (χ4n) is 2.38. The van der Waals surface area contributed by atoms with Gasteiger partial charge in [-0.05, 0) is 12.1 Å². The summed E-state index contributed by atoms with van der Waals surface area (Å²) < 4.78 is 40.9. The summed E-state index contributed by atoms with van der Waals surface area (Å²) in [6.45, 7) is -0.515. The number of rotatable bonds is 2. The van der Waals surface area contributed by atoms with Gasteiger partial charge in [0.05, 0.1) is 23.6 Å². The zero-order valence-electron chi connectivity index (χ0n) is 11.2. The van der Waals surface area contributed by atoms with Crippen LogP contribution in [0.3, 0.4) is 0 Å². The number of nitrogens with one attached hydrogen (secondary N) is 2. The third-order valence-corrected chi connectivity index (χ3v) is 3.50. The van der Waals surface area contributed by atoms with Gasteiger partial charge in [-0.1, -0.05) is 0 Å². The molecule has 0 aliphatic carbocycles. The van der Waals surface area contributed by atoms with E-state index in [0.717, 1.165) is 0 Å². The molecule has 1 aliphatic heterocycles. The van der Waals surface area contributed by atoms with Crippen LogP contribution >= 0.6 is 0 Å². The first-order valence-corrected chi connectivity index (χ1v) is 6.40. The number of aromatic nitrogens is 2. The van der Waals surface area contributed by atoms with Crippen molar-refractivity contribution in [2.24, 2.45) is 7.05 Å². The number of amides is 1. The molecule has 1 atom stereocenters. The molecular weight excluding hydrogens is 285 g/mol. The van der Waals surface area contributed by atoms with Crippen LogP contribution < -0.4 is 10.6 Å². The molecule has 0 bridgehead atoms. The van der Waals surface area contributed by atoms with Crippen LogP contribution in [0, 0.1) is 5.82 Å². The van der Waals surface area contributed by atoms with E-state index in [9.17, 15) is 18.0 Å². The minimum Gasteiger partial charge on any atom is -0.313 e. The highest BCUT2D eigenvalue weighted by Gasteiger charge is 2.42. The van der Waals surface area contributed by atoms with Crippen LogP contribution in [0.2, 0.25) is 0 Å². The fraction of sp³-hybridized carbons (Fsp3) is 0.385. The van der Waals surface area contributed by atoms with Crippen molar-refractivity contribution in [3.05, 3.63) is 24.0 Å². The Bertz CT molecular complexity index is 713. The molecule has 0 radical (unpaired) electrons. The maximum absolute atomic E-state index is 13.1. The van der Waals surface area contributed by atoms with Crippen molar-refractivity contribution < 1.29 is 18.0 Å². The van der Waals surface area contributed by atoms with E-state index in [1.54, 1.807) is 11.6 Å². The third-order valence-electron chi connectivity index (χ3n) is 3.50. The Morgan fingerprint density at radius 2 is 2.29 bits per heavy atom. The highest BCUT2D eigenvalue weighted by Crippen LogP contribution is 2.26. The minimum absolute atomic E-state index is 0.192. The molecule has 1 aromatic heterocycles. The SMILES string of the molecule is Cn1c(NC(=O)C2CC(F)(F)CN2)nc2cc(F)ccc21. The Hall–Kier alpha value is -2.09. The number of carbonyl (C=O) groups is 1. The lowest BCUT2D eigenvalue weighted by atomic mass is 10.2. The van der Waals surface area contributed by atoms with Crippen molar-refractivity contribution in [3.8, 4) is 0 Å². The van der Waals surface area contributed by atoms with Gasteiger partial charge in [0.15, 0.2) is 0 Å². The number of benzene rings is 1. The molecule has 0 spiro atoms. The number of hydrogen-bond donors (Lipinski definition) is 2. The van der Waals surface area contributed by atoms with Gasteiger partial charge >= 0.3 is 0 Å². The van der Waals surface area contributed by atoms with Crippen LogP contribution in [0.1, 0.15) is 6.42 Å². The van der Waals surface area contributed by atoms with Gasteiger partial charge in [-0.25, -0.2) is 18.2 Å². The van der Waals surface area contributed by atoms with Crippen LogP contribution in [0.5, 0.6) is 0 Å². The maximum atomic E-state index is 13.1. The van der Waals surface area contributed by atoms with Gasteiger partial charge in [-0.3, -0.25) is 15.4 Å². The first-order valence-electron chi connectivity index (χ1n) is 6.40. The molecule has 1 aliphatic rings. The Morgan fingerprint density at radius 3 is 2.95 bits per heavy atom. The Labute approximate surface area is 118 Å². The normalized spacial score (nSPS) is 20.9. The highest BCUT2D eigenvalue weighted by molar-refractivity contribution is 5.95. The highest BCUT2D eigenvalue weighted by atomic mass is 19.3. The van der Waals surface area contributed by atoms with Crippen LogP contribution in [-0.2, 0) is 11.8 Å². The van der Waals surface area contributed by atoms with Gasteiger partial charge in [0.2, 0.25) is 11.9 Å². The van der Waals surface area contributed by atoms with Gasteiger partial charge in [0.1, 0.15) is 5.82 Å². The molecule has 1 fully saturated rings. The lowest BCUT2D eigenvalue weighted by Crippen LogP contribution is -2.36. The summed E-state index contributed by atoms with van der Waals surface area (Å²) in [7, 11) is 1.65. The number of fused-ring (bicyclic) bond motifs is 1. The molecular formula is C13H13F3N4O. The first-order chi connectivity index (χ1) is 9.85. The molecule has 2 aromatic rings. The van der Waals surface area contributed by atoms with E-state index >= 15 is 0 Å². The van der Waals surface area contributed by atoms with Gasteiger partial charge in [0, 0.05) is 19.5 Å². The monoisotopic (exact) mass is 298 g/mol. The van der Waals surface area contributed by atoms with Crippen molar-refractivity contribution in [2.75, 3.05) is 11.9 Å². The van der Waals surface area contributed by atoms with E-state index in [0.29, 0.717) is 11.0 Å². The number of anilines is 1. The molecule has 2 N–H and O–H groups in total. The smallest absolute Gasteiger partial charge is 0.262 e. The number of hydrogen-bond acceptors (Lipinski definition) is 3. The average Bonchev–Trinajstić information content (AvgIpc) is 2.91. The predicted molar refractivity (Wildman–Crippen MR) is 70.7 cm³/mol. The number of alkyl halides is 2.